The molecule has 0 aliphatic rings. The number of ether oxygens (including phenoxy) is 1. The van der Waals surface area contributed by atoms with Crippen molar-refractivity contribution >= 4 is 5.97 Å². The molecular weight excluding hydrogens is 221 g/mol. The molecular formula is C13H14FNO2. The van der Waals surface area contributed by atoms with E-state index in [-0.39, 0.29) is 12.4 Å². The van der Waals surface area contributed by atoms with Gasteiger partial charge in [-0.3, -0.25) is 5.32 Å². The molecule has 1 aromatic carbocycles. The molecule has 1 aromatic rings. The van der Waals surface area contributed by atoms with Crippen LogP contribution >= 0.6 is 0 Å². The number of aryl methyl sites for hydroxylation is 1. The van der Waals surface area contributed by atoms with Crippen molar-refractivity contribution in [1.82, 2.24) is 5.32 Å². The Hall–Kier alpha value is -1.86. The largest absolute Gasteiger partial charge is 0.468 e. The van der Waals surface area contributed by atoms with E-state index in [0.717, 1.165) is 0 Å². The normalized spacial score (nSPS) is 11.6. The number of hydrogen-bond donors (Lipinski definition) is 1. The highest BCUT2D eigenvalue weighted by Gasteiger charge is 2.21. The summed E-state index contributed by atoms with van der Waals surface area (Å²) in [7, 11) is 1.28. The first-order valence-corrected chi connectivity index (χ1v) is 5.11. The van der Waals surface area contributed by atoms with E-state index in [1.165, 1.54) is 13.2 Å². The molecule has 4 heteroatoms. The fraction of sp³-hybridized carbons (Fsp3) is 0.308. The predicted molar refractivity (Wildman–Crippen MR) is 62.7 cm³/mol. The number of benzene rings is 1. The van der Waals surface area contributed by atoms with E-state index in [1.807, 2.05) is 0 Å². The molecule has 0 saturated heterocycles. The summed E-state index contributed by atoms with van der Waals surface area (Å²) in [5.74, 6) is 1.50. The fourth-order valence-electron chi connectivity index (χ4n) is 1.40. The number of carbonyl (C=O) groups is 1. The zero-order valence-corrected chi connectivity index (χ0v) is 9.79. The van der Waals surface area contributed by atoms with Crippen LogP contribution < -0.4 is 5.32 Å². The molecule has 0 spiro atoms. The molecule has 1 rings (SSSR count). The summed E-state index contributed by atoms with van der Waals surface area (Å²) in [6, 6.07) is 3.84. The highest BCUT2D eigenvalue weighted by Crippen LogP contribution is 2.17. The van der Waals surface area contributed by atoms with Crippen LogP contribution in [0.2, 0.25) is 0 Å². The monoisotopic (exact) mass is 235 g/mol. The maximum absolute atomic E-state index is 13.4. The molecule has 0 aliphatic carbocycles. The quantitative estimate of drug-likeness (QED) is 0.636. The minimum Gasteiger partial charge on any atom is -0.468 e. The van der Waals surface area contributed by atoms with Crippen LogP contribution in [0.25, 0.3) is 0 Å². The molecule has 0 heterocycles. The Labute approximate surface area is 100.0 Å². The van der Waals surface area contributed by atoms with Gasteiger partial charge in [0.05, 0.1) is 13.7 Å². The first-order chi connectivity index (χ1) is 8.10. The Balaban J connectivity index is 3.00. The molecule has 0 fully saturated rings. The van der Waals surface area contributed by atoms with E-state index in [4.69, 9.17) is 6.42 Å². The summed E-state index contributed by atoms with van der Waals surface area (Å²) in [6.07, 6.45) is 5.11. The first kappa shape index (κ1) is 13.2. The Bertz CT molecular complexity index is 451. The minimum atomic E-state index is -0.744. The van der Waals surface area contributed by atoms with Crippen LogP contribution in [0.15, 0.2) is 18.2 Å². The van der Waals surface area contributed by atoms with Gasteiger partial charge in [0.25, 0.3) is 0 Å². The number of rotatable bonds is 4. The molecule has 0 bridgehead atoms. The number of carbonyl (C=O) groups excluding carboxylic acids is 1. The van der Waals surface area contributed by atoms with Crippen molar-refractivity contribution in [1.29, 1.82) is 0 Å². The van der Waals surface area contributed by atoms with Crippen molar-refractivity contribution in [2.24, 2.45) is 0 Å². The third-order valence-electron chi connectivity index (χ3n) is 2.37. The van der Waals surface area contributed by atoms with E-state index in [0.29, 0.717) is 11.1 Å². The van der Waals surface area contributed by atoms with E-state index >= 15 is 0 Å². The van der Waals surface area contributed by atoms with Crippen molar-refractivity contribution in [3.63, 3.8) is 0 Å². The molecule has 0 aliphatic heterocycles. The molecule has 0 radical (unpaired) electrons. The van der Waals surface area contributed by atoms with Gasteiger partial charge >= 0.3 is 5.97 Å². The highest BCUT2D eigenvalue weighted by atomic mass is 19.1. The molecule has 0 aromatic heterocycles. The van der Waals surface area contributed by atoms with Gasteiger partial charge in [0.2, 0.25) is 0 Å². The SMILES string of the molecule is C#CCNC(C(=O)OC)c1ccc(C)c(F)c1. The summed E-state index contributed by atoms with van der Waals surface area (Å²) in [6.45, 7) is 1.86. The van der Waals surface area contributed by atoms with E-state index in [9.17, 15) is 9.18 Å². The van der Waals surface area contributed by atoms with Gasteiger partial charge < -0.3 is 4.74 Å². The zero-order chi connectivity index (χ0) is 12.8. The van der Waals surface area contributed by atoms with Crippen molar-refractivity contribution in [2.75, 3.05) is 13.7 Å². The van der Waals surface area contributed by atoms with Crippen molar-refractivity contribution < 1.29 is 13.9 Å². The zero-order valence-electron chi connectivity index (χ0n) is 9.79. The lowest BCUT2D eigenvalue weighted by atomic mass is 10.0. The highest BCUT2D eigenvalue weighted by molar-refractivity contribution is 5.77. The van der Waals surface area contributed by atoms with Crippen LogP contribution in [-0.2, 0) is 9.53 Å². The number of terminal acetylenes is 1. The summed E-state index contributed by atoms with van der Waals surface area (Å²) < 4.78 is 18.1. The molecule has 0 amide bonds. The molecule has 90 valence electrons. The van der Waals surface area contributed by atoms with Gasteiger partial charge in [0.1, 0.15) is 11.9 Å². The number of nitrogens with one attached hydrogen (secondary N) is 1. The second-order valence-corrected chi connectivity index (χ2v) is 3.55. The van der Waals surface area contributed by atoms with Gasteiger partial charge in [-0.15, -0.1) is 6.42 Å². The summed E-state index contributed by atoms with van der Waals surface area (Å²) >= 11 is 0. The molecule has 17 heavy (non-hydrogen) atoms. The summed E-state index contributed by atoms with van der Waals surface area (Å²) in [5.41, 5.74) is 1.02. The number of hydrogen-bond acceptors (Lipinski definition) is 3. The van der Waals surface area contributed by atoms with Gasteiger partial charge in [-0.1, -0.05) is 18.1 Å². The van der Waals surface area contributed by atoms with E-state index in [2.05, 4.69) is 16.0 Å². The Morgan fingerprint density at radius 1 is 1.65 bits per heavy atom. The van der Waals surface area contributed by atoms with Crippen LogP contribution in [-0.4, -0.2) is 19.6 Å². The van der Waals surface area contributed by atoms with Crippen LogP contribution in [0, 0.1) is 25.1 Å². The Kier molecular flexibility index (Phi) is 4.68. The number of esters is 1. The molecule has 3 nitrogen and oxygen atoms in total. The fourth-order valence-corrected chi connectivity index (χ4v) is 1.40. The summed E-state index contributed by atoms with van der Waals surface area (Å²) in [4.78, 5) is 11.5. The average Bonchev–Trinajstić information content (AvgIpc) is 2.33. The lowest BCUT2D eigenvalue weighted by molar-refractivity contribution is -0.143. The van der Waals surface area contributed by atoms with Crippen LogP contribution in [0.5, 0.6) is 0 Å². The predicted octanol–water partition coefficient (Wildman–Crippen LogP) is 1.57. The van der Waals surface area contributed by atoms with E-state index in [1.54, 1.807) is 19.1 Å². The van der Waals surface area contributed by atoms with Crippen LogP contribution in [0.4, 0.5) is 4.39 Å². The van der Waals surface area contributed by atoms with E-state index < -0.39 is 12.0 Å². The molecule has 0 saturated carbocycles. The third kappa shape index (κ3) is 3.30. The standard InChI is InChI=1S/C13H14FNO2/c1-4-7-15-12(13(16)17-3)10-6-5-9(2)11(14)8-10/h1,5-6,8,12,15H,7H2,2-3H3. The van der Waals surface area contributed by atoms with Crippen molar-refractivity contribution in [3.8, 4) is 12.3 Å². The van der Waals surface area contributed by atoms with Crippen molar-refractivity contribution in [2.45, 2.75) is 13.0 Å². The minimum absolute atomic E-state index is 0.204. The number of halogens is 1. The molecule has 1 unspecified atom stereocenters. The maximum Gasteiger partial charge on any atom is 0.327 e. The smallest absolute Gasteiger partial charge is 0.327 e. The van der Waals surface area contributed by atoms with Crippen molar-refractivity contribution in [3.05, 3.63) is 35.1 Å². The Morgan fingerprint density at radius 2 is 2.35 bits per heavy atom. The van der Waals surface area contributed by atoms with Gasteiger partial charge in [0, 0.05) is 0 Å². The molecule has 1 atom stereocenters. The average molecular weight is 235 g/mol. The molecule has 1 N–H and O–H groups in total. The topological polar surface area (TPSA) is 38.3 Å². The second-order valence-electron chi connectivity index (χ2n) is 3.55. The van der Waals surface area contributed by atoms with Gasteiger partial charge in [-0.25, -0.2) is 9.18 Å². The Morgan fingerprint density at radius 3 is 2.88 bits per heavy atom. The lowest BCUT2D eigenvalue weighted by Crippen LogP contribution is -2.30. The first-order valence-electron chi connectivity index (χ1n) is 5.11. The maximum atomic E-state index is 13.4. The number of methoxy groups -OCH3 is 1. The second kappa shape index (κ2) is 6.02. The summed E-state index contributed by atoms with van der Waals surface area (Å²) in [5, 5.41) is 2.81. The van der Waals surface area contributed by atoms with Gasteiger partial charge in [0.15, 0.2) is 0 Å². The lowest BCUT2D eigenvalue weighted by Gasteiger charge is -2.15. The van der Waals surface area contributed by atoms with Crippen LogP contribution in [0.1, 0.15) is 17.2 Å². The van der Waals surface area contributed by atoms with Gasteiger partial charge in [-0.2, -0.15) is 0 Å². The van der Waals surface area contributed by atoms with Crippen LogP contribution in [0.3, 0.4) is 0 Å². The van der Waals surface area contributed by atoms with Gasteiger partial charge in [-0.05, 0) is 24.1 Å². The third-order valence-corrected chi connectivity index (χ3v) is 2.37.